The number of benzene rings is 2. The summed E-state index contributed by atoms with van der Waals surface area (Å²) in [5, 5.41) is 11.3. The largest absolute Gasteiger partial charge is 0.382 e. The smallest absolute Gasteiger partial charge is 0.275 e. The fourth-order valence-corrected chi connectivity index (χ4v) is 2.83. The van der Waals surface area contributed by atoms with Crippen molar-refractivity contribution in [2.45, 2.75) is 26.9 Å². The zero-order valence-electron chi connectivity index (χ0n) is 14.7. The van der Waals surface area contributed by atoms with Gasteiger partial charge in [-0.3, -0.25) is 4.79 Å². The molecular weight excluding hydrogens is 350 g/mol. The lowest BCUT2D eigenvalue weighted by molar-refractivity contribution is 0.0947. The van der Waals surface area contributed by atoms with E-state index < -0.39 is 0 Å². The van der Waals surface area contributed by atoms with Crippen LogP contribution in [0.3, 0.4) is 0 Å². The predicted molar refractivity (Wildman–Crippen MR) is 102 cm³/mol. The number of carbonyl (C=O) groups excluding carboxylic acids is 1. The number of nitrogen functional groups attached to an aromatic ring is 1. The van der Waals surface area contributed by atoms with Crippen molar-refractivity contribution in [1.82, 2.24) is 20.3 Å². The number of nitrogens with zero attached hydrogens (tertiary/aromatic N) is 3. The van der Waals surface area contributed by atoms with E-state index in [4.69, 9.17) is 17.3 Å². The van der Waals surface area contributed by atoms with Crippen LogP contribution in [-0.2, 0) is 13.1 Å². The van der Waals surface area contributed by atoms with Crippen molar-refractivity contribution in [3.63, 3.8) is 0 Å². The minimum absolute atomic E-state index is 0.113. The number of rotatable bonds is 5. The minimum Gasteiger partial charge on any atom is -0.382 e. The van der Waals surface area contributed by atoms with E-state index in [0.717, 1.165) is 22.3 Å². The molecule has 1 aromatic heterocycles. The quantitative estimate of drug-likeness (QED) is 0.723. The molecule has 0 aliphatic rings. The Morgan fingerprint density at radius 1 is 1.19 bits per heavy atom. The average Bonchev–Trinajstić information content (AvgIpc) is 2.98. The number of amides is 1. The summed E-state index contributed by atoms with van der Waals surface area (Å²) in [4.78, 5) is 12.4. The van der Waals surface area contributed by atoms with Gasteiger partial charge >= 0.3 is 0 Å². The van der Waals surface area contributed by atoms with Crippen LogP contribution in [0.1, 0.15) is 32.7 Å². The highest BCUT2D eigenvalue weighted by Crippen LogP contribution is 2.17. The van der Waals surface area contributed by atoms with Crippen LogP contribution in [-0.4, -0.2) is 20.9 Å². The number of nitrogens with one attached hydrogen (secondary N) is 1. The van der Waals surface area contributed by atoms with E-state index in [1.807, 2.05) is 32.0 Å². The zero-order valence-corrected chi connectivity index (χ0v) is 15.4. The number of hydrogen-bond donors (Lipinski definition) is 2. The molecule has 0 saturated heterocycles. The number of nitrogens with two attached hydrogens (primary N) is 1. The predicted octanol–water partition coefficient (Wildman–Crippen LogP) is 3.11. The third-order valence-electron chi connectivity index (χ3n) is 4.21. The van der Waals surface area contributed by atoms with Gasteiger partial charge in [-0.05, 0) is 36.6 Å². The third kappa shape index (κ3) is 3.86. The summed E-state index contributed by atoms with van der Waals surface area (Å²) in [5.74, 6) is -0.141. The molecule has 134 valence electrons. The molecule has 3 N–H and O–H groups in total. The summed E-state index contributed by atoms with van der Waals surface area (Å²) in [6.07, 6.45) is 0. The highest BCUT2D eigenvalue weighted by molar-refractivity contribution is 6.31. The molecule has 3 rings (SSSR count). The van der Waals surface area contributed by atoms with Gasteiger partial charge < -0.3 is 11.1 Å². The Morgan fingerprint density at radius 3 is 2.73 bits per heavy atom. The molecule has 0 unspecified atom stereocenters. The SMILES string of the molecule is Cc1ccc(C)c(Cn2nnc(C(=O)NCc3ccccc3Cl)c2N)c1. The van der Waals surface area contributed by atoms with E-state index >= 15 is 0 Å². The van der Waals surface area contributed by atoms with Crippen LogP contribution in [0.25, 0.3) is 0 Å². The molecule has 3 aromatic rings. The van der Waals surface area contributed by atoms with Gasteiger partial charge in [0.05, 0.1) is 6.54 Å². The van der Waals surface area contributed by atoms with Gasteiger partial charge in [-0.15, -0.1) is 5.10 Å². The van der Waals surface area contributed by atoms with Crippen LogP contribution < -0.4 is 11.1 Å². The lowest BCUT2D eigenvalue weighted by Gasteiger charge is -2.08. The Labute approximate surface area is 157 Å². The molecule has 1 heterocycles. The van der Waals surface area contributed by atoms with Crippen LogP contribution in [0.2, 0.25) is 5.02 Å². The fraction of sp³-hybridized carbons (Fsp3) is 0.211. The summed E-state index contributed by atoms with van der Waals surface area (Å²) in [5.41, 5.74) is 10.4. The summed E-state index contributed by atoms with van der Waals surface area (Å²) >= 11 is 6.10. The molecular formula is C19H20ClN5O. The van der Waals surface area contributed by atoms with E-state index in [1.54, 1.807) is 6.07 Å². The molecule has 26 heavy (non-hydrogen) atoms. The number of anilines is 1. The molecule has 0 aliphatic heterocycles. The maximum Gasteiger partial charge on any atom is 0.275 e. The van der Waals surface area contributed by atoms with E-state index in [1.165, 1.54) is 4.68 Å². The van der Waals surface area contributed by atoms with Gasteiger partial charge in [-0.2, -0.15) is 0 Å². The van der Waals surface area contributed by atoms with Gasteiger partial charge in [0.2, 0.25) is 0 Å². The number of carbonyl (C=O) groups is 1. The highest BCUT2D eigenvalue weighted by atomic mass is 35.5. The zero-order chi connectivity index (χ0) is 18.7. The topological polar surface area (TPSA) is 85.8 Å². The standard InChI is InChI=1S/C19H20ClN5O/c1-12-7-8-13(2)15(9-12)11-25-18(21)17(23-24-25)19(26)22-10-14-5-3-4-6-16(14)20/h3-9H,10-11,21H2,1-2H3,(H,22,26). The molecule has 7 heteroatoms. The molecule has 0 spiro atoms. The van der Waals surface area contributed by atoms with Crippen molar-refractivity contribution in [2.24, 2.45) is 0 Å². The van der Waals surface area contributed by atoms with Crippen LogP contribution in [0, 0.1) is 13.8 Å². The third-order valence-corrected chi connectivity index (χ3v) is 4.58. The lowest BCUT2D eigenvalue weighted by atomic mass is 10.1. The molecule has 0 saturated carbocycles. The number of halogens is 1. The summed E-state index contributed by atoms with van der Waals surface area (Å²) in [7, 11) is 0. The normalized spacial score (nSPS) is 10.7. The van der Waals surface area contributed by atoms with Crippen molar-refractivity contribution in [2.75, 3.05) is 5.73 Å². The molecule has 1 amide bonds. The van der Waals surface area contributed by atoms with Crippen molar-refractivity contribution < 1.29 is 4.79 Å². The first-order chi connectivity index (χ1) is 12.5. The fourth-order valence-electron chi connectivity index (χ4n) is 2.63. The summed E-state index contributed by atoms with van der Waals surface area (Å²) in [6, 6.07) is 13.5. The first kappa shape index (κ1) is 17.9. The Bertz CT molecular complexity index is 951. The van der Waals surface area contributed by atoms with Crippen LogP contribution in [0.4, 0.5) is 5.82 Å². The van der Waals surface area contributed by atoms with Crippen molar-refractivity contribution in [3.05, 3.63) is 75.4 Å². The number of aromatic nitrogens is 3. The Hall–Kier alpha value is -2.86. The van der Waals surface area contributed by atoms with Crippen molar-refractivity contribution in [3.8, 4) is 0 Å². The van der Waals surface area contributed by atoms with Gasteiger partial charge in [0.1, 0.15) is 0 Å². The maximum absolute atomic E-state index is 12.4. The van der Waals surface area contributed by atoms with Crippen molar-refractivity contribution >= 4 is 23.3 Å². The van der Waals surface area contributed by atoms with Crippen LogP contribution >= 0.6 is 11.6 Å². The second kappa shape index (κ2) is 7.58. The Morgan fingerprint density at radius 2 is 1.96 bits per heavy atom. The lowest BCUT2D eigenvalue weighted by Crippen LogP contribution is -2.24. The van der Waals surface area contributed by atoms with Crippen molar-refractivity contribution in [1.29, 1.82) is 0 Å². The maximum atomic E-state index is 12.4. The van der Waals surface area contributed by atoms with Gasteiger partial charge in [-0.1, -0.05) is 58.8 Å². The molecule has 0 radical (unpaired) electrons. The second-order valence-electron chi connectivity index (χ2n) is 6.18. The Balaban J connectivity index is 1.73. The van der Waals surface area contributed by atoms with E-state index in [-0.39, 0.29) is 17.4 Å². The monoisotopic (exact) mass is 369 g/mol. The summed E-state index contributed by atoms with van der Waals surface area (Å²) < 4.78 is 1.53. The first-order valence-electron chi connectivity index (χ1n) is 8.22. The number of aryl methyl sites for hydroxylation is 2. The average molecular weight is 370 g/mol. The van der Waals surface area contributed by atoms with E-state index in [2.05, 4.69) is 33.8 Å². The molecule has 0 atom stereocenters. The van der Waals surface area contributed by atoms with Gasteiger partial charge in [0.15, 0.2) is 11.5 Å². The molecule has 2 aromatic carbocycles. The van der Waals surface area contributed by atoms with Gasteiger partial charge in [0.25, 0.3) is 5.91 Å². The van der Waals surface area contributed by atoms with E-state index in [0.29, 0.717) is 18.1 Å². The highest BCUT2D eigenvalue weighted by Gasteiger charge is 2.18. The summed E-state index contributed by atoms with van der Waals surface area (Å²) in [6.45, 7) is 4.81. The molecule has 0 aliphatic carbocycles. The van der Waals surface area contributed by atoms with E-state index in [9.17, 15) is 4.79 Å². The molecule has 0 bridgehead atoms. The second-order valence-corrected chi connectivity index (χ2v) is 6.59. The minimum atomic E-state index is -0.380. The van der Waals surface area contributed by atoms with Crippen LogP contribution in [0.15, 0.2) is 42.5 Å². The molecule has 6 nitrogen and oxygen atoms in total. The van der Waals surface area contributed by atoms with Gasteiger partial charge in [0, 0.05) is 11.6 Å². The first-order valence-corrected chi connectivity index (χ1v) is 8.60. The van der Waals surface area contributed by atoms with Gasteiger partial charge in [-0.25, -0.2) is 4.68 Å². The number of hydrogen-bond acceptors (Lipinski definition) is 4. The van der Waals surface area contributed by atoms with Crippen LogP contribution in [0.5, 0.6) is 0 Å². The molecule has 0 fully saturated rings. The Kier molecular flexibility index (Phi) is 5.23.